The average molecular weight is 308 g/mol. The van der Waals surface area contributed by atoms with Crippen molar-refractivity contribution in [3.63, 3.8) is 0 Å². The predicted octanol–water partition coefficient (Wildman–Crippen LogP) is 4.47. The van der Waals surface area contributed by atoms with E-state index in [1.54, 1.807) is 11.3 Å². The summed E-state index contributed by atoms with van der Waals surface area (Å²) in [6.45, 7) is 6.47. The van der Waals surface area contributed by atoms with E-state index < -0.39 is 0 Å². The molecule has 0 unspecified atom stereocenters. The Morgan fingerprint density at radius 3 is 2.80 bits per heavy atom. The van der Waals surface area contributed by atoms with Crippen molar-refractivity contribution >= 4 is 23.6 Å². The SMILES string of the molecule is CCCc1nc(C2CC2)c(-c2n[nH]c(=S)n2C(C)C)s1. The van der Waals surface area contributed by atoms with Gasteiger partial charge in [-0.05, 0) is 51.7 Å². The van der Waals surface area contributed by atoms with Crippen molar-refractivity contribution in [1.82, 2.24) is 19.7 Å². The number of rotatable bonds is 5. The molecule has 0 spiro atoms. The minimum Gasteiger partial charge on any atom is -0.297 e. The number of aromatic amines is 1. The van der Waals surface area contributed by atoms with Gasteiger partial charge in [0.25, 0.3) is 0 Å². The van der Waals surface area contributed by atoms with Crippen molar-refractivity contribution in [3.05, 3.63) is 15.5 Å². The summed E-state index contributed by atoms with van der Waals surface area (Å²) in [4.78, 5) is 6.08. The van der Waals surface area contributed by atoms with Crippen molar-refractivity contribution in [1.29, 1.82) is 0 Å². The molecule has 0 aromatic carbocycles. The largest absolute Gasteiger partial charge is 0.297 e. The van der Waals surface area contributed by atoms with E-state index in [0.717, 1.165) is 18.7 Å². The minimum absolute atomic E-state index is 0.306. The standard InChI is InChI=1S/C14H20N4S2/c1-4-5-10-15-11(9-6-7-9)12(20-10)13-16-17-14(19)18(13)8(2)3/h8-9H,4-7H2,1-3H3,(H,17,19). The molecule has 6 heteroatoms. The molecule has 1 aliphatic carbocycles. The van der Waals surface area contributed by atoms with Crippen LogP contribution in [0.25, 0.3) is 10.7 Å². The van der Waals surface area contributed by atoms with Crippen molar-refractivity contribution in [3.8, 4) is 10.7 Å². The van der Waals surface area contributed by atoms with Crippen molar-refractivity contribution in [2.45, 2.75) is 58.4 Å². The van der Waals surface area contributed by atoms with Crippen molar-refractivity contribution < 1.29 is 0 Å². The van der Waals surface area contributed by atoms with Crippen LogP contribution in [0.2, 0.25) is 0 Å². The van der Waals surface area contributed by atoms with E-state index in [9.17, 15) is 0 Å². The van der Waals surface area contributed by atoms with Gasteiger partial charge in [0.2, 0.25) is 0 Å². The molecule has 1 fully saturated rings. The summed E-state index contributed by atoms with van der Waals surface area (Å²) < 4.78 is 2.80. The van der Waals surface area contributed by atoms with Crippen LogP contribution in [0.5, 0.6) is 0 Å². The predicted molar refractivity (Wildman–Crippen MR) is 84.9 cm³/mol. The van der Waals surface area contributed by atoms with E-state index in [4.69, 9.17) is 17.2 Å². The Labute approximate surface area is 128 Å². The summed E-state index contributed by atoms with van der Waals surface area (Å²) >= 11 is 7.15. The van der Waals surface area contributed by atoms with Gasteiger partial charge in [-0.25, -0.2) is 4.98 Å². The van der Waals surface area contributed by atoms with Gasteiger partial charge in [-0.1, -0.05) is 6.92 Å². The molecule has 0 amide bonds. The van der Waals surface area contributed by atoms with Crippen molar-refractivity contribution in [2.24, 2.45) is 0 Å². The third-order valence-electron chi connectivity index (χ3n) is 3.55. The summed E-state index contributed by atoms with van der Waals surface area (Å²) in [7, 11) is 0. The maximum absolute atomic E-state index is 5.36. The number of nitrogens with one attached hydrogen (secondary N) is 1. The quantitative estimate of drug-likeness (QED) is 0.829. The second kappa shape index (κ2) is 5.41. The van der Waals surface area contributed by atoms with Gasteiger partial charge in [0.1, 0.15) is 0 Å². The topological polar surface area (TPSA) is 46.5 Å². The lowest BCUT2D eigenvalue weighted by Gasteiger charge is -2.09. The zero-order valence-corrected chi connectivity index (χ0v) is 13.8. The molecule has 1 saturated carbocycles. The van der Waals surface area contributed by atoms with Crippen LogP contribution in [-0.2, 0) is 6.42 Å². The number of hydrogen-bond acceptors (Lipinski definition) is 4. The normalized spacial score (nSPS) is 15.2. The fourth-order valence-corrected chi connectivity index (χ4v) is 4.02. The molecule has 1 aliphatic rings. The van der Waals surface area contributed by atoms with Gasteiger partial charge in [-0.15, -0.1) is 11.3 Å². The second-order valence-corrected chi connectivity index (χ2v) is 7.13. The highest BCUT2D eigenvalue weighted by Gasteiger charge is 2.31. The molecular weight excluding hydrogens is 288 g/mol. The number of hydrogen-bond donors (Lipinski definition) is 1. The lowest BCUT2D eigenvalue weighted by atomic mass is 10.2. The summed E-state index contributed by atoms with van der Waals surface area (Å²) in [5.41, 5.74) is 1.24. The number of H-pyrrole nitrogens is 1. The third kappa shape index (κ3) is 2.46. The Bertz CT molecular complexity index is 661. The van der Waals surface area contributed by atoms with Crippen LogP contribution < -0.4 is 0 Å². The molecule has 20 heavy (non-hydrogen) atoms. The first-order chi connectivity index (χ1) is 9.61. The summed E-state index contributed by atoms with van der Waals surface area (Å²) in [6, 6.07) is 0.306. The molecule has 108 valence electrons. The van der Waals surface area contributed by atoms with Crippen molar-refractivity contribution in [2.75, 3.05) is 0 Å². The molecule has 0 bridgehead atoms. The summed E-state index contributed by atoms with van der Waals surface area (Å²) in [6.07, 6.45) is 4.70. The summed E-state index contributed by atoms with van der Waals surface area (Å²) in [5.74, 6) is 1.60. The Kier molecular flexibility index (Phi) is 3.77. The number of thiazole rings is 1. The molecule has 0 aliphatic heterocycles. The van der Waals surface area contributed by atoms with Crippen LogP contribution in [0.1, 0.15) is 62.7 Å². The fraction of sp³-hybridized carbons (Fsp3) is 0.643. The number of aromatic nitrogens is 4. The fourth-order valence-electron chi connectivity index (χ4n) is 2.44. The van der Waals surface area contributed by atoms with Crippen LogP contribution in [0.4, 0.5) is 0 Å². The van der Waals surface area contributed by atoms with Gasteiger partial charge >= 0.3 is 0 Å². The molecule has 4 nitrogen and oxygen atoms in total. The maximum Gasteiger partial charge on any atom is 0.195 e. The van der Waals surface area contributed by atoms with Crippen LogP contribution in [0.15, 0.2) is 0 Å². The lowest BCUT2D eigenvalue weighted by Crippen LogP contribution is -2.03. The van der Waals surface area contributed by atoms with Crippen LogP contribution in [-0.4, -0.2) is 19.7 Å². The van der Waals surface area contributed by atoms with E-state index in [0.29, 0.717) is 16.7 Å². The third-order valence-corrected chi connectivity index (χ3v) is 4.96. The zero-order valence-electron chi connectivity index (χ0n) is 12.1. The zero-order chi connectivity index (χ0) is 14.3. The van der Waals surface area contributed by atoms with Crippen LogP contribution in [0, 0.1) is 4.77 Å². The molecule has 2 aromatic rings. The average Bonchev–Trinajstić information content (AvgIpc) is 3.04. The Morgan fingerprint density at radius 2 is 2.20 bits per heavy atom. The molecule has 0 atom stereocenters. The Hall–Kier alpha value is -1.01. The highest BCUT2D eigenvalue weighted by molar-refractivity contribution is 7.71. The second-order valence-electron chi connectivity index (χ2n) is 5.66. The van der Waals surface area contributed by atoms with E-state index in [1.165, 1.54) is 28.4 Å². The van der Waals surface area contributed by atoms with E-state index in [2.05, 4.69) is 35.5 Å². The summed E-state index contributed by atoms with van der Waals surface area (Å²) in [5, 5.41) is 8.64. The molecule has 3 rings (SSSR count). The maximum atomic E-state index is 5.36. The molecule has 1 N–H and O–H groups in total. The molecule has 2 aromatic heterocycles. The number of aryl methyl sites for hydroxylation is 1. The molecule has 2 heterocycles. The minimum atomic E-state index is 0.306. The highest BCUT2D eigenvalue weighted by Crippen LogP contribution is 2.46. The first kappa shape index (κ1) is 13.9. The van der Waals surface area contributed by atoms with Gasteiger partial charge in [0.15, 0.2) is 10.6 Å². The van der Waals surface area contributed by atoms with Gasteiger partial charge < -0.3 is 0 Å². The first-order valence-electron chi connectivity index (χ1n) is 7.28. The van der Waals surface area contributed by atoms with Crippen LogP contribution >= 0.6 is 23.6 Å². The smallest absolute Gasteiger partial charge is 0.195 e. The Balaban J connectivity index is 2.11. The lowest BCUT2D eigenvalue weighted by molar-refractivity contribution is 0.597. The van der Waals surface area contributed by atoms with E-state index in [-0.39, 0.29) is 0 Å². The van der Waals surface area contributed by atoms with Gasteiger partial charge in [-0.2, -0.15) is 5.10 Å². The van der Waals surface area contributed by atoms with Gasteiger partial charge in [0.05, 0.1) is 15.6 Å². The highest BCUT2D eigenvalue weighted by atomic mass is 32.1. The Morgan fingerprint density at radius 1 is 1.45 bits per heavy atom. The molecule has 0 radical (unpaired) electrons. The number of nitrogens with zero attached hydrogens (tertiary/aromatic N) is 3. The van der Waals surface area contributed by atoms with E-state index in [1.807, 2.05) is 0 Å². The molecule has 0 saturated heterocycles. The van der Waals surface area contributed by atoms with E-state index >= 15 is 0 Å². The first-order valence-corrected chi connectivity index (χ1v) is 8.51. The van der Waals surface area contributed by atoms with Gasteiger partial charge in [0, 0.05) is 12.0 Å². The molecular formula is C14H20N4S2. The monoisotopic (exact) mass is 308 g/mol. The van der Waals surface area contributed by atoms with Gasteiger partial charge in [-0.3, -0.25) is 9.67 Å². The van der Waals surface area contributed by atoms with Crippen LogP contribution in [0.3, 0.4) is 0 Å².